The van der Waals surface area contributed by atoms with E-state index in [2.05, 4.69) is 18.1 Å². The smallest absolute Gasteiger partial charge is 0.336 e. The van der Waals surface area contributed by atoms with Crippen LogP contribution >= 0.6 is 36.0 Å². The van der Waals surface area contributed by atoms with E-state index in [4.69, 9.17) is 33.7 Å². The molecule has 0 fully saturated rings. The molecule has 0 atom stereocenters. The Morgan fingerprint density at radius 1 is 1.17 bits per heavy atom. The third kappa shape index (κ3) is 4.05. The van der Waals surface area contributed by atoms with Crippen LogP contribution in [0.4, 0.5) is 16.2 Å². The van der Waals surface area contributed by atoms with Crippen molar-refractivity contribution in [2.24, 2.45) is 5.73 Å². The van der Waals surface area contributed by atoms with E-state index in [0.717, 1.165) is 4.31 Å². The molecule has 0 bridgehead atoms. The molecule has 24 heavy (non-hydrogen) atoms. The Hall–Kier alpha value is -2.09. The molecular weight excluding hydrogens is 373 g/mol. The first kappa shape index (κ1) is 18.3. The van der Waals surface area contributed by atoms with E-state index in [1.807, 2.05) is 0 Å². The van der Waals surface area contributed by atoms with Crippen molar-refractivity contribution >= 4 is 59.3 Å². The van der Waals surface area contributed by atoms with Crippen molar-refractivity contribution in [3.05, 3.63) is 52.0 Å². The van der Waals surface area contributed by atoms with Gasteiger partial charge in [-0.3, -0.25) is 4.79 Å². The number of hydrogen-bond donors (Lipinski definition) is 3. The van der Waals surface area contributed by atoms with Gasteiger partial charge in [0.2, 0.25) is 5.91 Å². The highest BCUT2D eigenvalue weighted by atomic mass is 35.5. The second kappa shape index (κ2) is 7.65. The van der Waals surface area contributed by atoms with Gasteiger partial charge in [0.15, 0.2) is 5.75 Å². The van der Waals surface area contributed by atoms with Crippen molar-refractivity contribution < 1.29 is 14.3 Å². The average Bonchev–Trinajstić information content (AvgIpc) is 2.54. The fourth-order valence-electron chi connectivity index (χ4n) is 1.89. The summed E-state index contributed by atoms with van der Waals surface area (Å²) in [6.07, 6.45) is 0. The molecule has 0 heterocycles. The number of rotatable bonds is 4. The Morgan fingerprint density at radius 3 is 2.17 bits per heavy atom. The quantitative estimate of drug-likeness (QED) is 0.695. The summed E-state index contributed by atoms with van der Waals surface area (Å²) in [5, 5.41) is 3.13. The molecule has 2 aromatic rings. The van der Waals surface area contributed by atoms with Gasteiger partial charge in [-0.15, -0.1) is 0 Å². The maximum atomic E-state index is 12.2. The standard InChI is InChI=1S/C15H13Cl2N3O3S/c1-23-13-11(16)6-9(7-12(13)17)19-15(22)20(24)10-4-2-8(3-5-10)14(18)21/h2-7,24H,1H3,(H2,18,21)(H,19,22). The number of urea groups is 1. The summed E-state index contributed by atoms with van der Waals surface area (Å²) in [7, 11) is 1.44. The molecule has 3 N–H and O–H groups in total. The minimum Gasteiger partial charge on any atom is -0.494 e. The van der Waals surface area contributed by atoms with Gasteiger partial charge in [0.25, 0.3) is 0 Å². The molecule has 0 radical (unpaired) electrons. The van der Waals surface area contributed by atoms with Gasteiger partial charge in [-0.25, -0.2) is 9.10 Å². The molecule has 0 saturated carbocycles. The predicted octanol–water partition coefficient (Wildman–Crippen LogP) is 3.98. The highest BCUT2D eigenvalue weighted by Gasteiger charge is 2.15. The number of nitrogens with one attached hydrogen (secondary N) is 1. The number of halogens is 2. The number of thiol groups is 1. The summed E-state index contributed by atoms with van der Waals surface area (Å²) in [6, 6.07) is 8.54. The molecule has 126 valence electrons. The van der Waals surface area contributed by atoms with E-state index in [1.54, 1.807) is 12.1 Å². The molecule has 0 aliphatic heterocycles. The van der Waals surface area contributed by atoms with Crippen molar-refractivity contribution in [3.63, 3.8) is 0 Å². The number of amides is 3. The summed E-state index contributed by atoms with van der Waals surface area (Å²) in [6.45, 7) is 0. The maximum absolute atomic E-state index is 12.2. The van der Waals surface area contributed by atoms with E-state index < -0.39 is 11.9 Å². The van der Waals surface area contributed by atoms with Crippen molar-refractivity contribution in [3.8, 4) is 5.75 Å². The Morgan fingerprint density at radius 2 is 1.71 bits per heavy atom. The number of nitrogens with zero attached hydrogens (tertiary/aromatic N) is 1. The number of carbonyl (C=O) groups excluding carboxylic acids is 2. The Balaban J connectivity index is 2.15. The topological polar surface area (TPSA) is 84.7 Å². The first-order chi connectivity index (χ1) is 11.3. The van der Waals surface area contributed by atoms with E-state index >= 15 is 0 Å². The molecule has 0 unspecified atom stereocenters. The predicted molar refractivity (Wildman–Crippen MR) is 98.5 cm³/mol. The lowest BCUT2D eigenvalue weighted by Crippen LogP contribution is -2.26. The van der Waals surface area contributed by atoms with Gasteiger partial charge in [-0.05, 0) is 36.4 Å². The maximum Gasteiger partial charge on any atom is 0.336 e. The van der Waals surface area contributed by atoms with Crippen LogP contribution in [0.25, 0.3) is 0 Å². The normalized spacial score (nSPS) is 10.2. The number of carbonyl (C=O) groups is 2. The van der Waals surface area contributed by atoms with Crippen LogP contribution in [0, 0.1) is 0 Å². The lowest BCUT2D eigenvalue weighted by molar-refractivity contribution is 0.100. The molecular formula is C15H13Cl2N3O3S. The zero-order valence-electron chi connectivity index (χ0n) is 12.4. The number of benzene rings is 2. The summed E-state index contributed by atoms with van der Waals surface area (Å²) >= 11 is 16.2. The minimum atomic E-state index is -0.556. The van der Waals surface area contributed by atoms with E-state index in [9.17, 15) is 9.59 Å². The molecule has 0 saturated heterocycles. The fraction of sp³-hybridized carbons (Fsp3) is 0.0667. The zero-order valence-corrected chi connectivity index (χ0v) is 14.8. The molecule has 3 amide bonds. The van der Waals surface area contributed by atoms with Gasteiger partial charge in [0.1, 0.15) is 0 Å². The van der Waals surface area contributed by atoms with Crippen LogP contribution in [0.3, 0.4) is 0 Å². The monoisotopic (exact) mass is 385 g/mol. The molecule has 9 heteroatoms. The Bertz CT molecular complexity index is 761. The van der Waals surface area contributed by atoms with E-state index in [-0.39, 0.29) is 10.0 Å². The van der Waals surface area contributed by atoms with Crippen LogP contribution < -0.4 is 20.1 Å². The first-order valence-electron chi connectivity index (χ1n) is 6.56. The second-order valence-corrected chi connectivity index (χ2v) is 5.84. The van der Waals surface area contributed by atoms with E-state index in [1.165, 1.54) is 31.4 Å². The highest BCUT2D eigenvalue weighted by Crippen LogP contribution is 2.35. The van der Waals surface area contributed by atoms with Crippen LogP contribution in [0.5, 0.6) is 5.75 Å². The molecule has 0 aliphatic rings. The molecule has 0 aromatic heterocycles. The van der Waals surface area contributed by atoms with Crippen molar-refractivity contribution in [1.82, 2.24) is 0 Å². The Labute approximate surface area is 154 Å². The largest absolute Gasteiger partial charge is 0.494 e. The summed E-state index contributed by atoms with van der Waals surface area (Å²) in [4.78, 5) is 23.3. The van der Waals surface area contributed by atoms with Gasteiger partial charge in [-0.2, -0.15) is 0 Å². The van der Waals surface area contributed by atoms with Crippen molar-refractivity contribution in [1.29, 1.82) is 0 Å². The van der Waals surface area contributed by atoms with Crippen LogP contribution in [0.2, 0.25) is 10.0 Å². The molecule has 2 aromatic carbocycles. The van der Waals surface area contributed by atoms with Crippen LogP contribution in [-0.4, -0.2) is 19.0 Å². The van der Waals surface area contributed by atoms with E-state index in [0.29, 0.717) is 22.7 Å². The van der Waals surface area contributed by atoms with Gasteiger partial charge < -0.3 is 15.8 Å². The van der Waals surface area contributed by atoms with Crippen LogP contribution in [-0.2, 0) is 0 Å². The number of nitrogens with two attached hydrogens (primary N) is 1. The molecule has 6 nitrogen and oxygen atoms in total. The Kier molecular flexibility index (Phi) is 5.82. The van der Waals surface area contributed by atoms with Gasteiger partial charge in [-0.1, -0.05) is 36.0 Å². The SMILES string of the molecule is COc1c(Cl)cc(NC(=O)N(S)c2ccc(C(N)=O)cc2)cc1Cl. The first-order valence-corrected chi connectivity index (χ1v) is 7.72. The summed E-state index contributed by atoms with van der Waals surface area (Å²) < 4.78 is 6.11. The van der Waals surface area contributed by atoms with Crippen LogP contribution in [0.15, 0.2) is 36.4 Å². The molecule has 2 rings (SSSR count). The lowest BCUT2D eigenvalue weighted by atomic mass is 10.2. The number of primary amides is 1. The second-order valence-electron chi connectivity index (χ2n) is 4.63. The van der Waals surface area contributed by atoms with Gasteiger partial charge in [0.05, 0.1) is 22.8 Å². The van der Waals surface area contributed by atoms with Gasteiger partial charge in [0, 0.05) is 11.3 Å². The third-order valence-electron chi connectivity index (χ3n) is 3.04. The van der Waals surface area contributed by atoms with Crippen molar-refractivity contribution in [2.75, 3.05) is 16.7 Å². The highest BCUT2D eigenvalue weighted by molar-refractivity contribution is 7.82. The third-order valence-corrected chi connectivity index (χ3v) is 4.02. The average molecular weight is 386 g/mol. The number of hydrogen-bond acceptors (Lipinski definition) is 4. The van der Waals surface area contributed by atoms with Crippen molar-refractivity contribution in [2.45, 2.75) is 0 Å². The number of ether oxygens (including phenoxy) is 1. The minimum absolute atomic E-state index is 0.261. The summed E-state index contributed by atoms with van der Waals surface area (Å²) in [5.41, 5.74) is 6.32. The number of methoxy groups -OCH3 is 1. The fourth-order valence-corrected chi connectivity index (χ4v) is 2.71. The molecule has 0 aliphatic carbocycles. The molecule has 0 spiro atoms. The van der Waals surface area contributed by atoms with Crippen LogP contribution in [0.1, 0.15) is 10.4 Å². The van der Waals surface area contributed by atoms with Gasteiger partial charge >= 0.3 is 6.03 Å². The lowest BCUT2D eigenvalue weighted by Gasteiger charge is -2.17. The summed E-state index contributed by atoms with van der Waals surface area (Å²) in [5.74, 6) is -0.236. The zero-order chi connectivity index (χ0) is 17.9. The number of anilines is 2.